The zero-order chi connectivity index (χ0) is 50.2. The van der Waals surface area contributed by atoms with Gasteiger partial charge in [0.2, 0.25) is 0 Å². The Morgan fingerprint density at radius 2 is 0.984 bits per heavy atom. The summed E-state index contributed by atoms with van der Waals surface area (Å²) in [5.74, 6) is 0.997. The highest BCUT2D eigenvalue weighted by Gasteiger charge is 2.47. The van der Waals surface area contributed by atoms with Crippen LogP contribution in [0.2, 0.25) is 0 Å². The van der Waals surface area contributed by atoms with E-state index in [0.717, 1.165) is 58.8 Å². The average molecular weight is 832 g/mol. The van der Waals surface area contributed by atoms with Gasteiger partial charge in [0.25, 0.3) is 0 Å². The second-order valence-corrected chi connectivity index (χ2v) is 16.5. The third kappa shape index (κ3) is 5.37. The quantitative estimate of drug-likeness (QED) is 0.167. The van der Waals surface area contributed by atoms with E-state index < -0.39 is 65.8 Å². The molecule has 0 atom stereocenters. The number of thiophene rings is 1. The number of para-hydroxylation sites is 2. The van der Waals surface area contributed by atoms with Gasteiger partial charge in [-0.15, -0.1) is 11.3 Å². The van der Waals surface area contributed by atoms with Crippen LogP contribution >= 0.6 is 11.3 Å². The summed E-state index contributed by atoms with van der Waals surface area (Å²) < 4.78 is 99.2. The highest BCUT2D eigenvalue weighted by molar-refractivity contribution is 7.26. The Morgan fingerprint density at radius 3 is 1.78 bits per heavy atom. The van der Waals surface area contributed by atoms with Crippen molar-refractivity contribution in [3.63, 3.8) is 0 Å². The third-order valence-corrected chi connectivity index (χ3v) is 13.4. The van der Waals surface area contributed by atoms with Crippen molar-refractivity contribution in [3.05, 3.63) is 234 Å². The maximum atomic E-state index is 9.49. The lowest BCUT2D eigenvalue weighted by Crippen LogP contribution is -2.28. The number of hydrogen-bond donors (Lipinski definition) is 0. The van der Waals surface area contributed by atoms with E-state index in [9.17, 15) is 5.48 Å². The van der Waals surface area contributed by atoms with Gasteiger partial charge in [-0.3, -0.25) is 0 Å². The topological polar surface area (TPSA) is 51.8 Å². The van der Waals surface area contributed by atoms with Gasteiger partial charge < -0.3 is 4.42 Å². The molecule has 12 aromatic rings. The van der Waals surface area contributed by atoms with Gasteiger partial charge in [0, 0.05) is 53.2 Å². The molecule has 0 spiro atoms. The lowest BCUT2D eigenvalue weighted by Gasteiger charge is -2.33. The lowest BCUT2D eigenvalue weighted by molar-refractivity contribution is 0.670. The monoisotopic (exact) mass is 831 g/mol. The van der Waals surface area contributed by atoms with Gasteiger partial charge in [0.1, 0.15) is 11.2 Å². The molecule has 3 heterocycles. The smallest absolute Gasteiger partial charge is 0.165 e. The first-order chi connectivity index (χ1) is 35.4. The molecule has 1 aliphatic rings. The molecule has 0 fully saturated rings. The van der Waals surface area contributed by atoms with Crippen LogP contribution in [0.4, 0.5) is 0 Å². The molecule has 0 aliphatic heterocycles. The van der Waals surface area contributed by atoms with Crippen LogP contribution < -0.4 is 0 Å². The number of fused-ring (bicyclic) bond motifs is 9. The number of benzene rings is 9. The molecular formula is C58H35N3OS. The van der Waals surface area contributed by atoms with Gasteiger partial charge in [0.15, 0.2) is 17.5 Å². The first-order valence-electron chi connectivity index (χ1n) is 25.4. The van der Waals surface area contributed by atoms with Crippen molar-refractivity contribution in [1.29, 1.82) is 0 Å². The molecule has 0 unspecified atom stereocenters. The van der Waals surface area contributed by atoms with E-state index in [1.54, 1.807) is 41.7 Å². The molecule has 0 bridgehead atoms. The van der Waals surface area contributed by atoms with Crippen molar-refractivity contribution in [2.75, 3.05) is 0 Å². The Bertz CT molecular complexity index is 4230. The summed E-state index contributed by atoms with van der Waals surface area (Å²) in [4.78, 5) is 15.7. The molecule has 294 valence electrons. The molecule has 3 aromatic heterocycles. The fraction of sp³-hybridized carbons (Fsp3) is 0.0172. The predicted octanol–water partition coefficient (Wildman–Crippen LogP) is 15.2. The molecule has 0 amide bonds. The van der Waals surface area contributed by atoms with Gasteiger partial charge in [0.05, 0.1) is 19.1 Å². The van der Waals surface area contributed by atoms with Crippen molar-refractivity contribution in [2.24, 2.45) is 0 Å². The molecule has 5 heteroatoms. The van der Waals surface area contributed by atoms with Gasteiger partial charge in [-0.05, 0) is 57.1 Å². The Hall–Kier alpha value is -7.99. The predicted molar refractivity (Wildman–Crippen MR) is 259 cm³/mol. The Kier molecular flexibility index (Phi) is 6.03. The minimum Gasteiger partial charge on any atom is -0.455 e. The largest absolute Gasteiger partial charge is 0.455 e. The summed E-state index contributed by atoms with van der Waals surface area (Å²) in [6.07, 6.45) is 0. The van der Waals surface area contributed by atoms with E-state index >= 15 is 0 Å². The van der Waals surface area contributed by atoms with Gasteiger partial charge >= 0.3 is 0 Å². The van der Waals surface area contributed by atoms with Crippen molar-refractivity contribution >= 4 is 53.4 Å². The summed E-state index contributed by atoms with van der Waals surface area (Å²) in [7, 11) is 0. The maximum absolute atomic E-state index is 9.49. The Morgan fingerprint density at radius 1 is 0.429 bits per heavy atom. The Balaban J connectivity index is 1.09. The third-order valence-electron chi connectivity index (χ3n) is 12.2. The van der Waals surface area contributed by atoms with Crippen molar-refractivity contribution in [3.8, 4) is 56.4 Å². The molecule has 4 nitrogen and oxygen atoms in total. The normalized spacial score (nSPS) is 15.1. The summed E-state index contributed by atoms with van der Waals surface area (Å²) in [6.45, 7) is 0. The number of hydrogen-bond acceptors (Lipinski definition) is 5. The Labute approximate surface area is 381 Å². The summed E-state index contributed by atoms with van der Waals surface area (Å²) in [5, 5.41) is 4.19. The molecule has 13 rings (SSSR count). The van der Waals surface area contributed by atoms with E-state index in [1.807, 2.05) is 91.0 Å². The summed E-state index contributed by atoms with van der Waals surface area (Å²) in [5.41, 5.74) is 4.52. The number of rotatable bonds is 6. The molecule has 63 heavy (non-hydrogen) atoms. The second kappa shape index (κ2) is 14.0. The first-order valence-corrected chi connectivity index (χ1v) is 21.3. The van der Waals surface area contributed by atoms with Crippen LogP contribution in [0.5, 0.6) is 0 Å². The SMILES string of the molecule is [2H]c1c([2H])c([2H])c(C2(c3c([2H])c([2H])c([2H])c([2H])c3[2H])c3ccccc3-c3c(-c4nc(-c5ccc(-c6cccc7c6oc6ccccc67)cc5)nc(-c5cccc6c5sc5ccccc56)n4)cccc32)c([2H])c1[2H]. The van der Waals surface area contributed by atoms with Gasteiger partial charge in [-0.25, -0.2) is 15.0 Å². The standard InChI is InChI=1S/C58H35N3OS/c1-3-16-38(17-4-1)58(39-18-5-2-6-19-39)48-28-10-7-22-45(48)52-46(26-15-29-49(52)58)56-59-55(60-57(61-56)47-27-14-25-44-42-21-9-12-31-51(42)63-54(44)47)37-34-32-36(33-35-37)40-23-13-24-43-41-20-8-11-30-50(41)62-53(40)43/h1-35H/i1D,2D,3D,4D,5D,6D,16D,17D,18D,19D. The number of furan rings is 1. The van der Waals surface area contributed by atoms with Crippen LogP contribution in [0.1, 0.15) is 36.0 Å². The molecule has 1 aliphatic carbocycles. The zero-order valence-electron chi connectivity index (χ0n) is 43.1. The molecule has 0 N–H and O–H groups in total. The van der Waals surface area contributed by atoms with Crippen LogP contribution in [-0.2, 0) is 5.41 Å². The second-order valence-electron chi connectivity index (χ2n) is 15.5. The van der Waals surface area contributed by atoms with Crippen molar-refractivity contribution < 1.29 is 18.1 Å². The van der Waals surface area contributed by atoms with Crippen LogP contribution in [-0.4, -0.2) is 15.0 Å². The highest BCUT2D eigenvalue weighted by atomic mass is 32.1. The number of aromatic nitrogens is 3. The van der Waals surface area contributed by atoms with Gasteiger partial charge in [-0.2, -0.15) is 0 Å². The van der Waals surface area contributed by atoms with Gasteiger partial charge in [-0.1, -0.05) is 194 Å². The summed E-state index contributed by atoms with van der Waals surface area (Å²) in [6, 6.07) is 42.6. The van der Waals surface area contributed by atoms with E-state index in [4.69, 9.17) is 27.6 Å². The van der Waals surface area contributed by atoms with Crippen LogP contribution in [0.15, 0.2) is 217 Å². The lowest BCUT2D eigenvalue weighted by atomic mass is 9.67. The summed E-state index contributed by atoms with van der Waals surface area (Å²) >= 11 is 1.64. The highest BCUT2D eigenvalue weighted by Crippen LogP contribution is 2.58. The van der Waals surface area contributed by atoms with Crippen molar-refractivity contribution in [1.82, 2.24) is 15.0 Å². The minimum absolute atomic E-state index is 0.249. The van der Waals surface area contributed by atoms with Crippen LogP contribution in [0.25, 0.3) is 98.5 Å². The first kappa shape index (κ1) is 27.1. The van der Waals surface area contributed by atoms with Crippen LogP contribution in [0, 0.1) is 0 Å². The molecular weight excluding hydrogens is 787 g/mol. The number of nitrogens with zero attached hydrogens (tertiary/aromatic N) is 3. The van der Waals surface area contributed by atoms with Crippen molar-refractivity contribution in [2.45, 2.75) is 5.41 Å². The minimum atomic E-state index is -2.04. The van der Waals surface area contributed by atoms with E-state index in [1.165, 1.54) is 0 Å². The van der Waals surface area contributed by atoms with E-state index in [-0.39, 0.29) is 17.0 Å². The maximum Gasteiger partial charge on any atom is 0.165 e. The average Bonchev–Trinajstić information content (AvgIpc) is 4.10. The van der Waals surface area contributed by atoms with E-state index in [2.05, 4.69) is 30.3 Å². The molecule has 9 aromatic carbocycles. The van der Waals surface area contributed by atoms with E-state index in [0.29, 0.717) is 45.0 Å². The fourth-order valence-electron chi connectivity index (χ4n) is 9.50. The zero-order valence-corrected chi connectivity index (χ0v) is 33.9. The molecule has 0 saturated carbocycles. The van der Waals surface area contributed by atoms with Crippen LogP contribution in [0.3, 0.4) is 0 Å². The fourth-order valence-corrected chi connectivity index (χ4v) is 10.7. The molecule has 0 saturated heterocycles. The molecule has 0 radical (unpaired) electrons.